The van der Waals surface area contributed by atoms with E-state index < -0.39 is 0 Å². The minimum Gasteiger partial charge on any atom is -0.0622 e. The van der Waals surface area contributed by atoms with E-state index in [0.717, 1.165) is 0 Å². The molecule has 122 valence electrons. The molecule has 0 nitrogen and oxygen atoms in total. The van der Waals surface area contributed by atoms with Crippen LogP contribution in [0.25, 0.3) is 10.8 Å². The maximum absolute atomic E-state index is 2.45. The molecule has 0 N–H and O–H groups in total. The van der Waals surface area contributed by atoms with Crippen LogP contribution in [-0.4, -0.2) is 0 Å². The van der Waals surface area contributed by atoms with E-state index in [2.05, 4.69) is 95.3 Å². The summed E-state index contributed by atoms with van der Waals surface area (Å²) in [5.41, 5.74) is 4.43. The molecule has 0 aliphatic carbocycles. The largest absolute Gasteiger partial charge is 0.0622 e. The molecule has 1 unspecified atom stereocenters. The van der Waals surface area contributed by atoms with E-state index in [1.807, 2.05) is 0 Å². The van der Waals surface area contributed by atoms with E-state index in [1.54, 1.807) is 0 Å². The molecule has 3 aromatic carbocycles. The molecule has 0 saturated carbocycles. The van der Waals surface area contributed by atoms with Gasteiger partial charge in [0.05, 0.1) is 0 Å². The maximum Gasteiger partial charge on any atom is 0.0152 e. The van der Waals surface area contributed by atoms with Crippen molar-refractivity contribution in [1.82, 2.24) is 0 Å². The number of hydrogen-bond acceptors (Lipinski definition) is 0. The highest BCUT2D eigenvalue weighted by Gasteiger charge is 2.48. The van der Waals surface area contributed by atoms with Gasteiger partial charge >= 0.3 is 0 Å². The highest BCUT2D eigenvalue weighted by atomic mass is 31.1. The summed E-state index contributed by atoms with van der Waals surface area (Å²) in [5.74, 6) is 0. The van der Waals surface area contributed by atoms with E-state index in [4.69, 9.17) is 0 Å². The van der Waals surface area contributed by atoms with Crippen molar-refractivity contribution in [2.45, 2.75) is 44.9 Å². The van der Waals surface area contributed by atoms with Crippen molar-refractivity contribution < 1.29 is 0 Å². The van der Waals surface area contributed by atoms with Gasteiger partial charge in [-0.1, -0.05) is 96.3 Å². The topological polar surface area (TPSA) is 0 Å². The molecule has 3 aromatic rings. The third-order valence-electron chi connectivity index (χ3n) is 5.71. The Bertz CT molecular complexity index is 897. The van der Waals surface area contributed by atoms with Crippen molar-refractivity contribution in [3.05, 3.63) is 77.4 Å². The molecule has 0 aromatic heterocycles. The molecule has 0 saturated heterocycles. The smallest absolute Gasteiger partial charge is 0.0152 e. The summed E-state index contributed by atoms with van der Waals surface area (Å²) in [6.45, 7) is 12.0. The van der Waals surface area contributed by atoms with Gasteiger partial charge in [-0.25, -0.2) is 0 Å². The van der Waals surface area contributed by atoms with Crippen LogP contribution in [0, 0.1) is 6.92 Å². The molecule has 1 heteroatoms. The van der Waals surface area contributed by atoms with Crippen LogP contribution in [0.5, 0.6) is 0 Å². The predicted molar refractivity (Wildman–Crippen MR) is 108 cm³/mol. The fourth-order valence-electron chi connectivity index (χ4n) is 4.73. The van der Waals surface area contributed by atoms with Crippen LogP contribution < -0.4 is 5.30 Å². The lowest BCUT2D eigenvalue weighted by atomic mass is 9.85. The van der Waals surface area contributed by atoms with Gasteiger partial charge in [0.15, 0.2) is 0 Å². The first kappa shape index (κ1) is 15.9. The Labute approximate surface area is 146 Å². The SMILES string of the molecule is Cc1ccc2c3c(cccc13)C(C)(C)P(c1ccccc1)C2(C)C. The Balaban J connectivity index is 2.11. The maximum atomic E-state index is 2.45. The third-order valence-corrected chi connectivity index (χ3v) is 9.24. The Morgan fingerprint density at radius 2 is 1.29 bits per heavy atom. The van der Waals surface area contributed by atoms with E-state index in [0.29, 0.717) is 0 Å². The minimum atomic E-state index is -0.375. The average molecular weight is 332 g/mol. The summed E-state index contributed by atoms with van der Waals surface area (Å²) in [4.78, 5) is 0. The van der Waals surface area contributed by atoms with E-state index in [9.17, 15) is 0 Å². The third kappa shape index (κ3) is 2.02. The number of aryl methyl sites for hydroxylation is 1. The second-order valence-electron chi connectivity index (χ2n) is 7.95. The van der Waals surface area contributed by atoms with E-state index in [1.165, 1.54) is 32.8 Å². The molecular formula is C23H25P. The first-order valence-electron chi connectivity index (χ1n) is 8.74. The zero-order chi connectivity index (χ0) is 17.1. The Kier molecular flexibility index (Phi) is 3.42. The second-order valence-corrected chi connectivity index (χ2v) is 11.4. The van der Waals surface area contributed by atoms with Crippen molar-refractivity contribution in [3.63, 3.8) is 0 Å². The lowest BCUT2D eigenvalue weighted by Gasteiger charge is -2.51. The zero-order valence-electron chi connectivity index (χ0n) is 15.2. The normalized spacial score (nSPS) is 21.0. The Morgan fingerprint density at radius 3 is 1.96 bits per heavy atom. The molecule has 0 radical (unpaired) electrons. The van der Waals surface area contributed by atoms with Crippen molar-refractivity contribution in [2.75, 3.05) is 0 Å². The number of hydrogen-bond donors (Lipinski definition) is 0. The fraction of sp³-hybridized carbons (Fsp3) is 0.304. The molecule has 4 rings (SSSR count). The molecular weight excluding hydrogens is 307 g/mol. The van der Waals surface area contributed by atoms with Gasteiger partial charge in [-0.2, -0.15) is 0 Å². The zero-order valence-corrected chi connectivity index (χ0v) is 16.1. The Hall–Kier alpha value is -1.65. The van der Waals surface area contributed by atoms with Crippen molar-refractivity contribution in [2.24, 2.45) is 0 Å². The monoisotopic (exact) mass is 332 g/mol. The van der Waals surface area contributed by atoms with Gasteiger partial charge in [-0.15, -0.1) is 0 Å². The van der Waals surface area contributed by atoms with Gasteiger partial charge in [0.2, 0.25) is 0 Å². The van der Waals surface area contributed by atoms with Gasteiger partial charge in [0.1, 0.15) is 0 Å². The molecule has 0 spiro atoms. The molecule has 0 bridgehead atoms. The second kappa shape index (κ2) is 5.17. The highest BCUT2D eigenvalue weighted by Crippen LogP contribution is 2.71. The van der Waals surface area contributed by atoms with Crippen LogP contribution in [0.3, 0.4) is 0 Å². The molecule has 0 fully saturated rings. The van der Waals surface area contributed by atoms with Crippen LogP contribution in [0.2, 0.25) is 0 Å². The quantitative estimate of drug-likeness (QED) is 0.450. The summed E-state index contributed by atoms with van der Waals surface area (Å²) in [6, 6.07) is 22.7. The van der Waals surface area contributed by atoms with E-state index >= 15 is 0 Å². The number of benzene rings is 3. The van der Waals surface area contributed by atoms with Crippen molar-refractivity contribution >= 4 is 24.0 Å². The summed E-state index contributed by atoms with van der Waals surface area (Å²) < 4.78 is 0. The molecule has 1 aliphatic heterocycles. The molecule has 1 atom stereocenters. The number of rotatable bonds is 1. The van der Waals surface area contributed by atoms with Crippen molar-refractivity contribution in [3.8, 4) is 0 Å². The van der Waals surface area contributed by atoms with Crippen LogP contribution in [-0.2, 0) is 10.3 Å². The van der Waals surface area contributed by atoms with Crippen molar-refractivity contribution in [1.29, 1.82) is 0 Å². The first-order valence-corrected chi connectivity index (χ1v) is 10.1. The summed E-state index contributed by atoms with van der Waals surface area (Å²) >= 11 is 0. The van der Waals surface area contributed by atoms with Gasteiger partial charge < -0.3 is 0 Å². The van der Waals surface area contributed by atoms with Crippen LogP contribution >= 0.6 is 7.92 Å². The summed E-state index contributed by atoms with van der Waals surface area (Å²) in [7, 11) is -0.375. The van der Waals surface area contributed by atoms with Gasteiger partial charge in [0.25, 0.3) is 0 Å². The van der Waals surface area contributed by atoms with Crippen LogP contribution in [0.1, 0.15) is 44.4 Å². The highest BCUT2D eigenvalue weighted by molar-refractivity contribution is 7.68. The first-order chi connectivity index (χ1) is 11.3. The van der Waals surface area contributed by atoms with Gasteiger partial charge in [0, 0.05) is 10.3 Å². The lowest BCUT2D eigenvalue weighted by Crippen LogP contribution is -2.36. The van der Waals surface area contributed by atoms with E-state index in [-0.39, 0.29) is 18.2 Å². The summed E-state index contributed by atoms with van der Waals surface area (Å²) in [5, 5.41) is 4.74. The molecule has 1 aliphatic rings. The van der Waals surface area contributed by atoms with Gasteiger partial charge in [-0.3, -0.25) is 0 Å². The standard InChI is InChI=1S/C23H25P/c1-16-14-15-20-21-18(16)12-9-13-19(21)22(2,3)24(23(20,4)5)17-10-7-6-8-11-17/h6-15H,1-5H3. The summed E-state index contributed by atoms with van der Waals surface area (Å²) in [6.07, 6.45) is 0. The average Bonchev–Trinajstić information content (AvgIpc) is 2.54. The Morgan fingerprint density at radius 1 is 0.667 bits per heavy atom. The van der Waals surface area contributed by atoms with Crippen LogP contribution in [0.15, 0.2) is 60.7 Å². The fourth-order valence-corrected chi connectivity index (χ4v) is 8.75. The molecule has 1 heterocycles. The van der Waals surface area contributed by atoms with Crippen LogP contribution in [0.4, 0.5) is 0 Å². The minimum absolute atomic E-state index is 0.153. The molecule has 24 heavy (non-hydrogen) atoms. The molecule has 0 amide bonds. The lowest BCUT2D eigenvalue weighted by molar-refractivity contribution is 0.679. The predicted octanol–water partition coefficient (Wildman–Crippen LogP) is 6.44. The van der Waals surface area contributed by atoms with Gasteiger partial charge in [-0.05, 0) is 39.7 Å².